The lowest BCUT2D eigenvalue weighted by atomic mass is 10.2. The molecule has 3 heteroatoms. The average molecular weight is 247 g/mol. The molecule has 1 unspecified atom stereocenters. The molecule has 1 aromatic heterocycles. The minimum Gasteiger partial charge on any atom is -0.396 e. The molecule has 0 aliphatic heterocycles. The highest BCUT2D eigenvalue weighted by Crippen LogP contribution is 2.25. The minimum atomic E-state index is 0.236. The first-order valence-electron chi connectivity index (χ1n) is 5.80. The van der Waals surface area contributed by atoms with E-state index in [1.807, 2.05) is 25.1 Å². The number of fused-ring (bicyclic) bond motifs is 1. The maximum atomic E-state index is 9.02. The predicted octanol–water partition coefficient (Wildman–Crippen LogP) is 3.26. The molecule has 0 amide bonds. The van der Waals surface area contributed by atoms with E-state index in [9.17, 15) is 0 Å². The third-order valence-corrected chi connectivity index (χ3v) is 4.11. The van der Waals surface area contributed by atoms with Crippen molar-refractivity contribution in [1.29, 1.82) is 0 Å². The minimum absolute atomic E-state index is 0.236. The maximum absolute atomic E-state index is 9.02. The second-order valence-electron chi connectivity index (χ2n) is 4.40. The Morgan fingerprint density at radius 2 is 2.12 bits per heavy atom. The first-order chi connectivity index (χ1) is 8.20. The molecular formula is C14H17NOS. The molecule has 0 saturated heterocycles. The highest BCUT2D eigenvalue weighted by Gasteiger charge is 2.06. The lowest BCUT2D eigenvalue weighted by Gasteiger charge is -2.09. The summed E-state index contributed by atoms with van der Waals surface area (Å²) in [5, 5.41) is 11.3. The zero-order valence-electron chi connectivity index (χ0n) is 10.2. The summed E-state index contributed by atoms with van der Waals surface area (Å²) in [6.45, 7) is 4.37. The van der Waals surface area contributed by atoms with E-state index in [1.54, 1.807) is 11.8 Å². The zero-order valence-corrected chi connectivity index (χ0v) is 11.0. The SMILES string of the molecule is Cc1cc2ccccc2nc1SCC(C)CO. The number of aryl methyl sites for hydroxylation is 1. The van der Waals surface area contributed by atoms with Crippen molar-refractivity contribution < 1.29 is 5.11 Å². The van der Waals surface area contributed by atoms with Crippen molar-refractivity contribution in [2.75, 3.05) is 12.4 Å². The molecular weight excluding hydrogens is 230 g/mol. The van der Waals surface area contributed by atoms with Crippen molar-refractivity contribution in [3.8, 4) is 0 Å². The number of aliphatic hydroxyl groups excluding tert-OH is 1. The molecule has 2 aromatic rings. The fourth-order valence-corrected chi connectivity index (χ4v) is 2.62. The van der Waals surface area contributed by atoms with Crippen LogP contribution >= 0.6 is 11.8 Å². The van der Waals surface area contributed by atoms with E-state index in [1.165, 1.54) is 10.9 Å². The van der Waals surface area contributed by atoms with Gasteiger partial charge in [0, 0.05) is 17.7 Å². The second kappa shape index (κ2) is 5.52. The smallest absolute Gasteiger partial charge is 0.0996 e. The Morgan fingerprint density at radius 3 is 2.88 bits per heavy atom. The van der Waals surface area contributed by atoms with Gasteiger partial charge in [-0.05, 0) is 30.5 Å². The Bertz CT molecular complexity index is 513. The second-order valence-corrected chi connectivity index (χ2v) is 5.41. The van der Waals surface area contributed by atoms with Crippen LogP contribution in [-0.2, 0) is 0 Å². The lowest BCUT2D eigenvalue weighted by molar-refractivity contribution is 0.250. The number of para-hydroxylation sites is 1. The van der Waals surface area contributed by atoms with E-state index < -0.39 is 0 Å². The molecule has 1 aromatic carbocycles. The summed E-state index contributed by atoms with van der Waals surface area (Å²) in [6.07, 6.45) is 0. The van der Waals surface area contributed by atoms with Gasteiger partial charge >= 0.3 is 0 Å². The van der Waals surface area contributed by atoms with Crippen LogP contribution in [0, 0.1) is 12.8 Å². The number of aromatic nitrogens is 1. The molecule has 1 heterocycles. The van der Waals surface area contributed by atoms with E-state index in [0.29, 0.717) is 5.92 Å². The molecule has 0 aliphatic carbocycles. The Hall–Kier alpha value is -1.06. The average Bonchev–Trinajstić information content (AvgIpc) is 2.35. The Morgan fingerprint density at radius 1 is 1.35 bits per heavy atom. The van der Waals surface area contributed by atoms with Crippen molar-refractivity contribution in [2.45, 2.75) is 18.9 Å². The van der Waals surface area contributed by atoms with Gasteiger partial charge in [0.25, 0.3) is 0 Å². The van der Waals surface area contributed by atoms with Gasteiger partial charge in [-0.2, -0.15) is 0 Å². The van der Waals surface area contributed by atoms with Gasteiger partial charge in [-0.25, -0.2) is 4.98 Å². The molecule has 2 rings (SSSR count). The van der Waals surface area contributed by atoms with Gasteiger partial charge in [0.1, 0.15) is 0 Å². The van der Waals surface area contributed by atoms with Crippen molar-refractivity contribution in [1.82, 2.24) is 4.98 Å². The number of benzene rings is 1. The van der Waals surface area contributed by atoms with Crippen LogP contribution in [0.4, 0.5) is 0 Å². The normalized spacial score (nSPS) is 12.9. The molecule has 1 atom stereocenters. The highest BCUT2D eigenvalue weighted by molar-refractivity contribution is 7.99. The first-order valence-corrected chi connectivity index (χ1v) is 6.79. The topological polar surface area (TPSA) is 33.1 Å². The molecule has 0 fully saturated rings. The first kappa shape index (κ1) is 12.4. The summed E-state index contributed by atoms with van der Waals surface area (Å²) in [5.41, 5.74) is 2.25. The lowest BCUT2D eigenvalue weighted by Crippen LogP contribution is -2.03. The molecule has 90 valence electrons. The fraction of sp³-hybridized carbons (Fsp3) is 0.357. The van der Waals surface area contributed by atoms with Gasteiger partial charge in [0.2, 0.25) is 0 Å². The molecule has 17 heavy (non-hydrogen) atoms. The molecule has 0 aliphatic rings. The van der Waals surface area contributed by atoms with Crippen LogP contribution in [0.5, 0.6) is 0 Å². The summed E-state index contributed by atoms with van der Waals surface area (Å²) >= 11 is 1.72. The molecule has 0 saturated carbocycles. The quantitative estimate of drug-likeness (QED) is 0.842. The zero-order chi connectivity index (χ0) is 12.3. The summed E-state index contributed by atoms with van der Waals surface area (Å²) in [5.74, 6) is 1.22. The summed E-state index contributed by atoms with van der Waals surface area (Å²) in [6, 6.07) is 10.3. The molecule has 0 bridgehead atoms. The van der Waals surface area contributed by atoms with Gasteiger partial charge in [-0.1, -0.05) is 25.1 Å². The number of aliphatic hydroxyl groups is 1. The number of hydrogen-bond acceptors (Lipinski definition) is 3. The summed E-state index contributed by atoms with van der Waals surface area (Å²) in [7, 11) is 0. The molecule has 0 spiro atoms. The number of nitrogens with zero attached hydrogens (tertiary/aromatic N) is 1. The number of hydrogen-bond donors (Lipinski definition) is 1. The van der Waals surface area contributed by atoms with Crippen LogP contribution in [0.2, 0.25) is 0 Å². The Balaban J connectivity index is 2.25. The van der Waals surface area contributed by atoms with Crippen LogP contribution in [0.1, 0.15) is 12.5 Å². The number of pyridine rings is 1. The van der Waals surface area contributed by atoms with Gasteiger partial charge in [0.15, 0.2) is 0 Å². The molecule has 2 nitrogen and oxygen atoms in total. The third kappa shape index (κ3) is 2.99. The van der Waals surface area contributed by atoms with E-state index in [2.05, 4.69) is 24.0 Å². The van der Waals surface area contributed by atoms with Crippen molar-refractivity contribution in [3.63, 3.8) is 0 Å². The monoisotopic (exact) mass is 247 g/mol. The van der Waals surface area contributed by atoms with Gasteiger partial charge in [0.05, 0.1) is 10.5 Å². The van der Waals surface area contributed by atoms with Crippen LogP contribution < -0.4 is 0 Å². The van der Waals surface area contributed by atoms with E-state index >= 15 is 0 Å². The molecule has 1 N–H and O–H groups in total. The Kier molecular flexibility index (Phi) is 4.02. The van der Waals surface area contributed by atoms with Crippen LogP contribution in [-0.4, -0.2) is 22.5 Å². The van der Waals surface area contributed by atoms with Crippen molar-refractivity contribution >= 4 is 22.7 Å². The fourth-order valence-electron chi connectivity index (χ4n) is 1.62. The standard InChI is InChI=1S/C14H17NOS/c1-10(8-16)9-17-14-11(2)7-12-5-3-4-6-13(12)15-14/h3-7,10,16H,8-9H2,1-2H3. The van der Waals surface area contributed by atoms with E-state index in [-0.39, 0.29) is 6.61 Å². The van der Waals surface area contributed by atoms with Crippen molar-refractivity contribution in [2.24, 2.45) is 5.92 Å². The van der Waals surface area contributed by atoms with Gasteiger partial charge < -0.3 is 5.11 Å². The Labute approximate surface area is 106 Å². The maximum Gasteiger partial charge on any atom is 0.0996 e. The number of thioether (sulfide) groups is 1. The van der Waals surface area contributed by atoms with E-state index in [4.69, 9.17) is 5.11 Å². The van der Waals surface area contributed by atoms with Gasteiger partial charge in [-0.3, -0.25) is 0 Å². The van der Waals surface area contributed by atoms with E-state index in [0.717, 1.165) is 16.3 Å². The summed E-state index contributed by atoms with van der Waals surface area (Å²) < 4.78 is 0. The van der Waals surface area contributed by atoms with Crippen LogP contribution in [0.15, 0.2) is 35.4 Å². The van der Waals surface area contributed by atoms with Crippen LogP contribution in [0.25, 0.3) is 10.9 Å². The number of rotatable bonds is 4. The predicted molar refractivity (Wildman–Crippen MR) is 73.5 cm³/mol. The molecule has 0 radical (unpaired) electrons. The highest BCUT2D eigenvalue weighted by atomic mass is 32.2. The van der Waals surface area contributed by atoms with Crippen LogP contribution in [0.3, 0.4) is 0 Å². The van der Waals surface area contributed by atoms with Crippen molar-refractivity contribution in [3.05, 3.63) is 35.9 Å². The van der Waals surface area contributed by atoms with Gasteiger partial charge in [-0.15, -0.1) is 11.8 Å². The largest absolute Gasteiger partial charge is 0.396 e. The summed E-state index contributed by atoms with van der Waals surface area (Å²) in [4.78, 5) is 4.66. The third-order valence-electron chi connectivity index (χ3n) is 2.68.